The molecule has 0 aliphatic heterocycles. The monoisotopic (exact) mass is 347 g/mol. The molecule has 4 heteroatoms. The molecule has 2 aromatic carbocycles. The van der Waals surface area contributed by atoms with E-state index in [0.29, 0.717) is 0 Å². The summed E-state index contributed by atoms with van der Waals surface area (Å²) >= 11 is 0. The number of rotatable bonds is 5. The summed E-state index contributed by atoms with van der Waals surface area (Å²) in [6.45, 7) is 8.25. The highest BCUT2D eigenvalue weighted by Gasteiger charge is 2.16. The van der Waals surface area contributed by atoms with E-state index < -0.39 is 0 Å². The van der Waals surface area contributed by atoms with Crippen LogP contribution in [0.15, 0.2) is 48.5 Å². The summed E-state index contributed by atoms with van der Waals surface area (Å²) in [6, 6.07) is 16.4. The normalized spacial score (nSPS) is 10.8. The van der Waals surface area contributed by atoms with Crippen molar-refractivity contribution >= 4 is 11.6 Å². The van der Waals surface area contributed by atoms with Gasteiger partial charge in [0.2, 0.25) is 0 Å². The molecule has 0 bridgehead atoms. The van der Waals surface area contributed by atoms with Crippen LogP contribution >= 0.6 is 0 Å². The molecule has 3 rings (SSSR count). The van der Waals surface area contributed by atoms with E-state index in [-0.39, 0.29) is 12.5 Å². The predicted molar refractivity (Wildman–Crippen MR) is 106 cm³/mol. The quantitative estimate of drug-likeness (QED) is 0.741. The number of nitrogens with zero attached hydrogens (tertiary/aromatic N) is 2. The Morgan fingerprint density at radius 2 is 1.77 bits per heavy atom. The van der Waals surface area contributed by atoms with Crippen molar-refractivity contribution in [1.82, 2.24) is 9.78 Å². The van der Waals surface area contributed by atoms with Gasteiger partial charge in [-0.1, -0.05) is 48.0 Å². The van der Waals surface area contributed by atoms with E-state index in [1.807, 2.05) is 51.1 Å². The first-order chi connectivity index (χ1) is 12.5. The van der Waals surface area contributed by atoms with E-state index >= 15 is 0 Å². The van der Waals surface area contributed by atoms with Crippen molar-refractivity contribution in [2.45, 2.75) is 34.1 Å². The Balaban J connectivity index is 1.74. The topological polar surface area (TPSA) is 46.9 Å². The summed E-state index contributed by atoms with van der Waals surface area (Å²) in [5.74, 6) is -0.0510. The molecule has 1 heterocycles. The van der Waals surface area contributed by atoms with E-state index in [9.17, 15) is 4.79 Å². The molecule has 0 aliphatic carbocycles. The summed E-state index contributed by atoms with van der Waals surface area (Å²) in [5, 5.41) is 7.72. The molecule has 0 saturated carbocycles. The molecule has 0 amide bonds. The Hall–Kier alpha value is -2.88. The number of benzene rings is 2. The van der Waals surface area contributed by atoms with Crippen LogP contribution in [0.2, 0.25) is 0 Å². The van der Waals surface area contributed by atoms with Gasteiger partial charge in [-0.25, -0.2) is 4.68 Å². The minimum absolute atomic E-state index is 0.0510. The Labute approximate surface area is 154 Å². The molecule has 0 atom stereocenters. The van der Waals surface area contributed by atoms with Gasteiger partial charge in [0.15, 0.2) is 0 Å². The van der Waals surface area contributed by atoms with Crippen molar-refractivity contribution in [3.63, 3.8) is 0 Å². The maximum absolute atomic E-state index is 12.7. The first-order valence-electron chi connectivity index (χ1n) is 8.89. The lowest BCUT2D eigenvalue weighted by Gasteiger charge is -2.10. The van der Waals surface area contributed by atoms with Gasteiger partial charge in [-0.3, -0.25) is 4.79 Å². The zero-order valence-corrected chi connectivity index (χ0v) is 15.8. The van der Waals surface area contributed by atoms with Crippen LogP contribution in [0.1, 0.15) is 38.4 Å². The summed E-state index contributed by atoms with van der Waals surface area (Å²) in [7, 11) is 0. The predicted octanol–water partition coefficient (Wildman–Crippen LogP) is 4.46. The van der Waals surface area contributed by atoms with Gasteiger partial charge in [0.1, 0.15) is 0 Å². The highest BCUT2D eigenvalue weighted by Crippen LogP contribution is 2.19. The molecule has 1 aromatic heterocycles. The second-order valence-electron chi connectivity index (χ2n) is 6.79. The molecule has 3 aromatic rings. The van der Waals surface area contributed by atoms with Gasteiger partial charge in [0, 0.05) is 23.4 Å². The fourth-order valence-electron chi connectivity index (χ4n) is 3.23. The van der Waals surface area contributed by atoms with Crippen LogP contribution < -0.4 is 5.32 Å². The Morgan fingerprint density at radius 3 is 2.46 bits per heavy atom. The molecule has 0 saturated heterocycles. The van der Waals surface area contributed by atoms with Gasteiger partial charge in [0.25, 0.3) is 5.91 Å². The number of nitrogens with one attached hydrogen (secondary N) is 1. The summed E-state index contributed by atoms with van der Waals surface area (Å²) in [6.07, 6.45) is 0.788. The summed E-state index contributed by atoms with van der Waals surface area (Å²) < 4.78 is 1.53. The molecule has 4 nitrogen and oxygen atoms in total. The van der Waals surface area contributed by atoms with Gasteiger partial charge in [0.05, 0.1) is 12.2 Å². The molecular weight excluding hydrogens is 322 g/mol. The summed E-state index contributed by atoms with van der Waals surface area (Å²) in [5.41, 5.74) is 7.49. The molecule has 0 spiro atoms. The number of anilines is 1. The lowest BCUT2D eigenvalue weighted by molar-refractivity contribution is 0.0910. The largest absolute Gasteiger partial charge is 0.376 e. The van der Waals surface area contributed by atoms with Crippen molar-refractivity contribution in [3.05, 3.63) is 82.2 Å². The highest BCUT2D eigenvalue weighted by atomic mass is 16.2. The SMILES string of the molecule is Cc1ccc(NCC(=O)n2nc(C)c(Cc3ccccc3)c2C)c(C)c1. The number of carbonyl (C=O) groups is 1. The molecule has 134 valence electrons. The molecule has 0 aliphatic rings. The van der Waals surface area contributed by atoms with E-state index in [2.05, 4.69) is 35.5 Å². The number of aromatic nitrogens is 2. The zero-order valence-electron chi connectivity index (χ0n) is 15.8. The van der Waals surface area contributed by atoms with Crippen LogP contribution in [0.3, 0.4) is 0 Å². The first-order valence-corrected chi connectivity index (χ1v) is 8.89. The fraction of sp³-hybridized carbons (Fsp3) is 0.273. The lowest BCUT2D eigenvalue weighted by atomic mass is 10.0. The van der Waals surface area contributed by atoms with Gasteiger partial charge in [-0.2, -0.15) is 5.10 Å². The number of carbonyl (C=O) groups excluding carboxylic acids is 1. The molecule has 1 N–H and O–H groups in total. The number of aryl methyl sites for hydroxylation is 3. The number of hydrogen-bond acceptors (Lipinski definition) is 3. The average molecular weight is 347 g/mol. The Kier molecular flexibility index (Phi) is 5.21. The second kappa shape index (κ2) is 7.56. The molecule has 0 radical (unpaired) electrons. The van der Waals surface area contributed by atoms with Crippen LogP contribution in [0.4, 0.5) is 5.69 Å². The van der Waals surface area contributed by atoms with Crippen molar-refractivity contribution in [3.8, 4) is 0 Å². The van der Waals surface area contributed by atoms with Gasteiger partial charge < -0.3 is 5.32 Å². The molecular formula is C22H25N3O. The van der Waals surface area contributed by atoms with Crippen LogP contribution in [-0.2, 0) is 6.42 Å². The van der Waals surface area contributed by atoms with E-state index in [0.717, 1.165) is 34.6 Å². The fourth-order valence-corrected chi connectivity index (χ4v) is 3.23. The van der Waals surface area contributed by atoms with E-state index in [1.165, 1.54) is 15.8 Å². The third-order valence-corrected chi connectivity index (χ3v) is 4.71. The Morgan fingerprint density at radius 1 is 1.04 bits per heavy atom. The third-order valence-electron chi connectivity index (χ3n) is 4.71. The van der Waals surface area contributed by atoms with Gasteiger partial charge in [-0.15, -0.1) is 0 Å². The maximum atomic E-state index is 12.7. The maximum Gasteiger partial charge on any atom is 0.266 e. The molecule has 0 fully saturated rings. The average Bonchev–Trinajstić information content (AvgIpc) is 2.90. The molecule has 26 heavy (non-hydrogen) atoms. The summed E-state index contributed by atoms with van der Waals surface area (Å²) in [4.78, 5) is 12.7. The van der Waals surface area contributed by atoms with Gasteiger partial charge in [-0.05, 0) is 44.9 Å². The minimum Gasteiger partial charge on any atom is -0.376 e. The van der Waals surface area contributed by atoms with Crippen LogP contribution in [0, 0.1) is 27.7 Å². The Bertz CT molecular complexity index is 926. The van der Waals surface area contributed by atoms with Crippen molar-refractivity contribution in [2.75, 3.05) is 11.9 Å². The molecule has 0 unspecified atom stereocenters. The first kappa shape index (κ1) is 17.9. The standard InChI is InChI=1S/C22H25N3O/c1-15-10-11-21(16(2)12-15)23-14-22(26)25-18(4)20(17(3)24-25)13-19-8-6-5-7-9-19/h5-12,23H,13-14H2,1-4H3. The van der Waals surface area contributed by atoms with Crippen LogP contribution in [0.5, 0.6) is 0 Å². The van der Waals surface area contributed by atoms with Crippen molar-refractivity contribution in [2.24, 2.45) is 0 Å². The van der Waals surface area contributed by atoms with Gasteiger partial charge >= 0.3 is 0 Å². The van der Waals surface area contributed by atoms with E-state index in [4.69, 9.17) is 0 Å². The second-order valence-corrected chi connectivity index (χ2v) is 6.79. The van der Waals surface area contributed by atoms with Crippen LogP contribution in [-0.4, -0.2) is 22.2 Å². The number of hydrogen-bond donors (Lipinski definition) is 1. The van der Waals surface area contributed by atoms with Crippen LogP contribution in [0.25, 0.3) is 0 Å². The van der Waals surface area contributed by atoms with E-state index in [1.54, 1.807) is 0 Å². The highest BCUT2D eigenvalue weighted by molar-refractivity contribution is 5.83. The minimum atomic E-state index is -0.0510. The van der Waals surface area contributed by atoms with Crippen molar-refractivity contribution < 1.29 is 4.79 Å². The zero-order chi connectivity index (χ0) is 18.7. The van der Waals surface area contributed by atoms with Crippen molar-refractivity contribution in [1.29, 1.82) is 0 Å². The third kappa shape index (κ3) is 3.85. The lowest BCUT2D eigenvalue weighted by Crippen LogP contribution is -2.23. The smallest absolute Gasteiger partial charge is 0.266 e.